The van der Waals surface area contributed by atoms with Gasteiger partial charge in [0.05, 0.1) is 6.04 Å². The van der Waals surface area contributed by atoms with E-state index in [0.29, 0.717) is 5.69 Å². The Bertz CT molecular complexity index is 822. The average Bonchev–Trinajstić information content (AvgIpc) is 3.04. The van der Waals surface area contributed by atoms with E-state index in [4.69, 9.17) is 4.74 Å². The molecule has 122 valence electrons. The number of nitrogens with one attached hydrogen (secondary N) is 2. The fourth-order valence-corrected chi connectivity index (χ4v) is 2.50. The van der Waals surface area contributed by atoms with Crippen molar-refractivity contribution in [3.63, 3.8) is 0 Å². The van der Waals surface area contributed by atoms with Crippen LogP contribution in [0.5, 0.6) is 0 Å². The minimum atomic E-state index is -0.547. The molecule has 3 aromatic rings. The maximum absolute atomic E-state index is 12.0. The van der Waals surface area contributed by atoms with Crippen LogP contribution in [-0.4, -0.2) is 23.5 Å². The quantitative estimate of drug-likeness (QED) is 0.709. The maximum Gasteiger partial charge on any atom is 0.355 e. The van der Waals surface area contributed by atoms with Crippen molar-refractivity contribution in [3.05, 3.63) is 71.9 Å². The van der Waals surface area contributed by atoms with Gasteiger partial charge in [0.1, 0.15) is 5.69 Å². The molecule has 0 aliphatic carbocycles. The molecule has 2 aromatic carbocycles. The van der Waals surface area contributed by atoms with Gasteiger partial charge in [0.25, 0.3) is 5.91 Å². The zero-order chi connectivity index (χ0) is 16.9. The predicted octanol–water partition coefficient (Wildman–Crippen LogP) is 3.20. The summed E-state index contributed by atoms with van der Waals surface area (Å²) in [7, 11) is 0. The van der Waals surface area contributed by atoms with Gasteiger partial charge in [-0.05, 0) is 24.6 Å². The second-order valence-corrected chi connectivity index (χ2v) is 5.55. The van der Waals surface area contributed by atoms with E-state index in [1.807, 2.05) is 61.5 Å². The Labute approximate surface area is 139 Å². The van der Waals surface area contributed by atoms with Gasteiger partial charge < -0.3 is 15.0 Å². The number of aromatic amines is 1. The van der Waals surface area contributed by atoms with Crippen LogP contribution < -0.4 is 5.32 Å². The van der Waals surface area contributed by atoms with Gasteiger partial charge in [-0.1, -0.05) is 48.5 Å². The van der Waals surface area contributed by atoms with E-state index in [0.717, 1.165) is 16.5 Å². The molecule has 3 rings (SSSR count). The molecule has 0 aliphatic rings. The van der Waals surface area contributed by atoms with Crippen LogP contribution in [0.2, 0.25) is 0 Å². The summed E-state index contributed by atoms with van der Waals surface area (Å²) in [5, 5.41) is 3.73. The summed E-state index contributed by atoms with van der Waals surface area (Å²) in [6, 6.07) is 18.7. The van der Waals surface area contributed by atoms with Gasteiger partial charge in [-0.15, -0.1) is 0 Å². The Morgan fingerprint density at radius 1 is 1.08 bits per heavy atom. The molecule has 1 atom stereocenters. The van der Waals surface area contributed by atoms with Crippen molar-refractivity contribution in [1.29, 1.82) is 0 Å². The van der Waals surface area contributed by atoms with Gasteiger partial charge >= 0.3 is 5.97 Å². The third kappa shape index (κ3) is 3.63. The van der Waals surface area contributed by atoms with Crippen molar-refractivity contribution in [2.75, 3.05) is 6.61 Å². The molecule has 1 heterocycles. The minimum absolute atomic E-state index is 0.148. The van der Waals surface area contributed by atoms with E-state index >= 15 is 0 Å². The molecule has 0 spiro atoms. The molecule has 0 bridgehead atoms. The highest BCUT2D eigenvalue weighted by Crippen LogP contribution is 2.15. The average molecular weight is 322 g/mol. The lowest BCUT2D eigenvalue weighted by Gasteiger charge is -2.14. The van der Waals surface area contributed by atoms with Crippen molar-refractivity contribution in [2.45, 2.75) is 13.0 Å². The second kappa shape index (κ2) is 7.00. The molecule has 2 N–H and O–H groups in total. The van der Waals surface area contributed by atoms with Crippen LogP contribution in [0.3, 0.4) is 0 Å². The SMILES string of the molecule is C[C@@H](NC(=O)COC(=O)c1cc2ccccc2[nH]1)c1ccccc1. The molecule has 1 amide bonds. The Morgan fingerprint density at radius 2 is 1.79 bits per heavy atom. The smallest absolute Gasteiger partial charge is 0.355 e. The van der Waals surface area contributed by atoms with Gasteiger partial charge in [-0.25, -0.2) is 4.79 Å². The molecule has 1 aromatic heterocycles. The summed E-state index contributed by atoms with van der Waals surface area (Å²) in [6.45, 7) is 1.57. The second-order valence-electron chi connectivity index (χ2n) is 5.55. The lowest BCUT2D eigenvalue weighted by molar-refractivity contribution is -0.124. The largest absolute Gasteiger partial charge is 0.451 e. The van der Waals surface area contributed by atoms with Gasteiger partial charge in [-0.3, -0.25) is 4.79 Å². The molecule has 0 radical (unpaired) electrons. The summed E-state index contributed by atoms with van der Waals surface area (Å²) in [5.74, 6) is -0.885. The summed E-state index contributed by atoms with van der Waals surface area (Å²) < 4.78 is 5.07. The van der Waals surface area contributed by atoms with Gasteiger partial charge in [0.2, 0.25) is 0 Å². The van der Waals surface area contributed by atoms with E-state index < -0.39 is 5.97 Å². The lowest BCUT2D eigenvalue weighted by Crippen LogP contribution is -2.31. The summed E-state index contributed by atoms with van der Waals surface area (Å²) >= 11 is 0. The van der Waals surface area contributed by atoms with E-state index in [9.17, 15) is 9.59 Å². The monoisotopic (exact) mass is 322 g/mol. The Balaban J connectivity index is 1.55. The number of H-pyrrole nitrogens is 1. The number of carbonyl (C=O) groups excluding carboxylic acids is 2. The molecule has 24 heavy (non-hydrogen) atoms. The third-order valence-corrected chi connectivity index (χ3v) is 3.76. The van der Waals surface area contributed by atoms with Crippen LogP contribution in [0, 0.1) is 0 Å². The predicted molar refractivity (Wildman–Crippen MR) is 91.6 cm³/mol. The number of carbonyl (C=O) groups is 2. The van der Waals surface area contributed by atoms with Crippen LogP contribution in [-0.2, 0) is 9.53 Å². The molecule has 0 saturated carbocycles. The van der Waals surface area contributed by atoms with Crippen LogP contribution in [0.15, 0.2) is 60.7 Å². The standard InChI is InChI=1S/C19H18N2O3/c1-13(14-7-3-2-4-8-14)20-18(22)12-24-19(23)17-11-15-9-5-6-10-16(15)21-17/h2-11,13,21H,12H2,1H3,(H,20,22)/t13-/m1/s1. The number of rotatable bonds is 5. The van der Waals surface area contributed by atoms with Crippen molar-refractivity contribution in [1.82, 2.24) is 10.3 Å². The van der Waals surface area contributed by atoms with E-state index in [1.165, 1.54) is 0 Å². The molecule has 0 aliphatic heterocycles. The van der Waals surface area contributed by atoms with E-state index in [1.54, 1.807) is 6.07 Å². The normalized spacial score (nSPS) is 11.9. The molecule has 5 nitrogen and oxygen atoms in total. The first-order chi connectivity index (χ1) is 11.6. The molecule has 5 heteroatoms. The number of benzene rings is 2. The lowest BCUT2D eigenvalue weighted by atomic mass is 10.1. The number of hydrogen-bond acceptors (Lipinski definition) is 3. The van der Waals surface area contributed by atoms with Crippen molar-refractivity contribution in [2.24, 2.45) is 0 Å². The number of ether oxygens (including phenoxy) is 1. The first-order valence-corrected chi connectivity index (χ1v) is 7.72. The number of fused-ring (bicyclic) bond motifs is 1. The molecular weight excluding hydrogens is 304 g/mol. The van der Waals surface area contributed by atoms with E-state index in [2.05, 4.69) is 10.3 Å². The Kier molecular flexibility index (Phi) is 4.61. The molecule has 0 saturated heterocycles. The molecule has 0 fully saturated rings. The fourth-order valence-electron chi connectivity index (χ4n) is 2.50. The highest BCUT2D eigenvalue weighted by molar-refractivity contribution is 5.95. The fraction of sp³-hybridized carbons (Fsp3) is 0.158. The van der Waals surface area contributed by atoms with Crippen LogP contribution >= 0.6 is 0 Å². The first kappa shape index (κ1) is 15.8. The zero-order valence-corrected chi connectivity index (χ0v) is 13.3. The number of esters is 1. The number of aromatic nitrogens is 1. The molecule has 0 unspecified atom stereocenters. The van der Waals surface area contributed by atoms with Gasteiger partial charge in [0, 0.05) is 10.9 Å². The van der Waals surface area contributed by atoms with Crippen molar-refractivity contribution < 1.29 is 14.3 Å². The van der Waals surface area contributed by atoms with Crippen LogP contribution in [0.1, 0.15) is 29.0 Å². The zero-order valence-electron chi connectivity index (χ0n) is 13.3. The third-order valence-electron chi connectivity index (χ3n) is 3.76. The first-order valence-electron chi connectivity index (χ1n) is 7.72. The minimum Gasteiger partial charge on any atom is -0.451 e. The van der Waals surface area contributed by atoms with Crippen molar-refractivity contribution in [3.8, 4) is 0 Å². The summed E-state index contributed by atoms with van der Waals surface area (Å²) in [5.41, 5.74) is 2.18. The molecular formula is C19H18N2O3. The van der Waals surface area contributed by atoms with Crippen LogP contribution in [0.25, 0.3) is 10.9 Å². The summed E-state index contributed by atoms with van der Waals surface area (Å²) in [4.78, 5) is 27.0. The van der Waals surface area contributed by atoms with Gasteiger partial charge in [-0.2, -0.15) is 0 Å². The maximum atomic E-state index is 12.0. The number of amides is 1. The van der Waals surface area contributed by atoms with E-state index in [-0.39, 0.29) is 18.6 Å². The van der Waals surface area contributed by atoms with Crippen molar-refractivity contribution >= 4 is 22.8 Å². The van der Waals surface area contributed by atoms with Gasteiger partial charge in [0.15, 0.2) is 6.61 Å². The van der Waals surface area contributed by atoms with Crippen LogP contribution in [0.4, 0.5) is 0 Å². The highest BCUT2D eigenvalue weighted by atomic mass is 16.5. The topological polar surface area (TPSA) is 71.2 Å². The number of hydrogen-bond donors (Lipinski definition) is 2. The summed E-state index contributed by atoms with van der Waals surface area (Å²) in [6.07, 6.45) is 0. The highest BCUT2D eigenvalue weighted by Gasteiger charge is 2.14. The Morgan fingerprint density at radius 3 is 2.54 bits per heavy atom. The Hall–Kier alpha value is -3.08. The number of para-hydroxylation sites is 1.